The van der Waals surface area contributed by atoms with Gasteiger partial charge in [-0.05, 0) is 34.2 Å². The van der Waals surface area contributed by atoms with Gasteiger partial charge in [-0.3, -0.25) is 0 Å². The summed E-state index contributed by atoms with van der Waals surface area (Å²) in [6, 6.07) is 12.8. The standard InChI is InChI=1S/C15H12ClN/c1-2-10-3-4-11-5-6-13-12(14(11)9-10)7-8-17-15(13)16/h3-9H,2H2,1H3. The van der Waals surface area contributed by atoms with Gasteiger partial charge in [-0.25, -0.2) is 4.98 Å². The van der Waals surface area contributed by atoms with Gasteiger partial charge in [0.15, 0.2) is 0 Å². The number of halogens is 1. The Balaban J connectivity index is 2.49. The van der Waals surface area contributed by atoms with Crippen molar-refractivity contribution in [1.82, 2.24) is 4.98 Å². The number of hydrogen-bond acceptors (Lipinski definition) is 1. The maximum absolute atomic E-state index is 6.12. The highest BCUT2D eigenvalue weighted by atomic mass is 35.5. The van der Waals surface area contributed by atoms with Crippen LogP contribution in [0.25, 0.3) is 21.5 Å². The van der Waals surface area contributed by atoms with E-state index in [2.05, 4.69) is 36.2 Å². The molecule has 0 atom stereocenters. The number of hydrogen-bond donors (Lipinski definition) is 0. The summed E-state index contributed by atoms with van der Waals surface area (Å²) < 4.78 is 0. The van der Waals surface area contributed by atoms with Crippen LogP contribution in [0.3, 0.4) is 0 Å². The lowest BCUT2D eigenvalue weighted by Crippen LogP contribution is -1.84. The average molecular weight is 242 g/mol. The third-order valence-electron chi connectivity index (χ3n) is 3.19. The molecule has 0 aliphatic carbocycles. The first-order valence-electron chi connectivity index (χ1n) is 5.75. The van der Waals surface area contributed by atoms with Crippen molar-refractivity contribution in [2.45, 2.75) is 13.3 Å². The normalized spacial score (nSPS) is 11.2. The Morgan fingerprint density at radius 1 is 1.00 bits per heavy atom. The van der Waals surface area contributed by atoms with Gasteiger partial charge in [-0.2, -0.15) is 0 Å². The van der Waals surface area contributed by atoms with Crippen molar-refractivity contribution in [1.29, 1.82) is 0 Å². The van der Waals surface area contributed by atoms with E-state index in [4.69, 9.17) is 11.6 Å². The molecule has 3 rings (SSSR count). The second kappa shape index (κ2) is 4.01. The van der Waals surface area contributed by atoms with Crippen LogP contribution in [-0.2, 0) is 6.42 Å². The minimum Gasteiger partial charge on any atom is -0.244 e. The van der Waals surface area contributed by atoms with Crippen molar-refractivity contribution in [3.8, 4) is 0 Å². The number of nitrogens with zero attached hydrogens (tertiary/aromatic N) is 1. The zero-order valence-electron chi connectivity index (χ0n) is 9.57. The van der Waals surface area contributed by atoms with Crippen LogP contribution in [0.5, 0.6) is 0 Å². The van der Waals surface area contributed by atoms with Crippen LogP contribution in [-0.4, -0.2) is 4.98 Å². The predicted molar refractivity (Wildman–Crippen MR) is 73.6 cm³/mol. The minimum atomic E-state index is 0.575. The Labute approximate surface area is 105 Å². The molecule has 0 amide bonds. The smallest absolute Gasteiger partial charge is 0.136 e. The molecule has 0 aliphatic rings. The molecule has 0 saturated heterocycles. The Hall–Kier alpha value is -1.60. The monoisotopic (exact) mass is 241 g/mol. The van der Waals surface area contributed by atoms with Crippen LogP contribution in [0.4, 0.5) is 0 Å². The summed E-state index contributed by atoms with van der Waals surface area (Å²) >= 11 is 6.12. The molecular formula is C15H12ClN. The molecule has 2 aromatic carbocycles. The van der Waals surface area contributed by atoms with Crippen molar-refractivity contribution >= 4 is 33.1 Å². The van der Waals surface area contributed by atoms with Gasteiger partial charge < -0.3 is 0 Å². The van der Waals surface area contributed by atoms with E-state index in [0.717, 1.165) is 11.8 Å². The number of aryl methyl sites for hydroxylation is 1. The van der Waals surface area contributed by atoms with Gasteiger partial charge in [0.05, 0.1) is 0 Å². The zero-order chi connectivity index (χ0) is 11.8. The minimum absolute atomic E-state index is 0.575. The molecule has 1 heterocycles. The largest absolute Gasteiger partial charge is 0.244 e. The van der Waals surface area contributed by atoms with Crippen molar-refractivity contribution < 1.29 is 0 Å². The first-order chi connectivity index (χ1) is 8.29. The number of fused-ring (bicyclic) bond motifs is 3. The van der Waals surface area contributed by atoms with Gasteiger partial charge in [-0.15, -0.1) is 0 Å². The first kappa shape index (κ1) is 10.5. The van der Waals surface area contributed by atoms with Crippen LogP contribution >= 0.6 is 11.6 Å². The number of benzene rings is 2. The Kier molecular flexibility index (Phi) is 2.49. The Bertz CT molecular complexity index is 704. The summed E-state index contributed by atoms with van der Waals surface area (Å²) in [6.07, 6.45) is 2.81. The first-order valence-corrected chi connectivity index (χ1v) is 6.13. The molecule has 1 aromatic heterocycles. The summed E-state index contributed by atoms with van der Waals surface area (Å²) in [5, 5.41) is 5.28. The lowest BCUT2D eigenvalue weighted by atomic mass is 10.0. The summed E-state index contributed by atoms with van der Waals surface area (Å²) in [4.78, 5) is 4.12. The van der Waals surface area contributed by atoms with Crippen LogP contribution < -0.4 is 0 Å². The molecule has 17 heavy (non-hydrogen) atoms. The number of rotatable bonds is 1. The van der Waals surface area contributed by atoms with Crippen molar-refractivity contribution in [2.75, 3.05) is 0 Å². The number of aromatic nitrogens is 1. The van der Waals surface area contributed by atoms with Crippen LogP contribution in [0.1, 0.15) is 12.5 Å². The molecular weight excluding hydrogens is 230 g/mol. The van der Waals surface area contributed by atoms with Gasteiger partial charge in [0.1, 0.15) is 5.15 Å². The van der Waals surface area contributed by atoms with E-state index in [1.807, 2.05) is 12.1 Å². The molecule has 3 aromatic rings. The van der Waals surface area contributed by atoms with Crippen molar-refractivity contribution in [3.05, 3.63) is 53.3 Å². The molecule has 1 nitrogen and oxygen atoms in total. The Morgan fingerprint density at radius 2 is 1.82 bits per heavy atom. The predicted octanol–water partition coefficient (Wildman–Crippen LogP) is 4.60. The van der Waals surface area contributed by atoms with E-state index < -0.39 is 0 Å². The summed E-state index contributed by atoms with van der Waals surface area (Å²) in [6.45, 7) is 2.17. The molecule has 0 spiro atoms. The summed E-state index contributed by atoms with van der Waals surface area (Å²) in [7, 11) is 0. The summed E-state index contributed by atoms with van der Waals surface area (Å²) in [5.41, 5.74) is 1.35. The second-order valence-corrected chi connectivity index (χ2v) is 4.53. The Morgan fingerprint density at radius 3 is 2.65 bits per heavy atom. The van der Waals surface area contributed by atoms with Crippen LogP contribution in [0.15, 0.2) is 42.6 Å². The molecule has 0 saturated carbocycles. The lowest BCUT2D eigenvalue weighted by Gasteiger charge is -2.06. The van der Waals surface area contributed by atoms with E-state index in [-0.39, 0.29) is 0 Å². The van der Waals surface area contributed by atoms with Gasteiger partial charge in [0.25, 0.3) is 0 Å². The quantitative estimate of drug-likeness (QED) is 0.448. The van der Waals surface area contributed by atoms with Gasteiger partial charge in [-0.1, -0.05) is 48.9 Å². The van der Waals surface area contributed by atoms with E-state index in [1.54, 1.807) is 6.20 Å². The third kappa shape index (κ3) is 1.67. The maximum atomic E-state index is 6.12. The van der Waals surface area contributed by atoms with E-state index in [9.17, 15) is 0 Å². The SMILES string of the molecule is CCc1ccc2ccc3c(Cl)nccc3c2c1. The highest BCUT2D eigenvalue weighted by Crippen LogP contribution is 2.29. The highest BCUT2D eigenvalue weighted by molar-refractivity contribution is 6.35. The fraction of sp³-hybridized carbons (Fsp3) is 0.133. The van der Waals surface area contributed by atoms with Crippen molar-refractivity contribution in [2.24, 2.45) is 0 Å². The lowest BCUT2D eigenvalue weighted by molar-refractivity contribution is 1.15. The molecule has 0 aliphatic heterocycles. The average Bonchev–Trinajstić information content (AvgIpc) is 2.38. The van der Waals surface area contributed by atoms with E-state index in [1.165, 1.54) is 21.7 Å². The van der Waals surface area contributed by atoms with Crippen molar-refractivity contribution in [3.63, 3.8) is 0 Å². The molecule has 0 bridgehead atoms. The van der Waals surface area contributed by atoms with Gasteiger partial charge in [0, 0.05) is 11.6 Å². The molecule has 84 valence electrons. The molecule has 0 fully saturated rings. The zero-order valence-corrected chi connectivity index (χ0v) is 10.3. The maximum Gasteiger partial charge on any atom is 0.136 e. The fourth-order valence-electron chi connectivity index (χ4n) is 2.22. The van der Waals surface area contributed by atoms with Crippen LogP contribution in [0.2, 0.25) is 5.15 Å². The second-order valence-electron chi connectivity index (χ2n) is 4.17. The molecule has 0 N–H and O–H groups in total. The van der Waals surface area contributed by atoms with E-state index >= 15 is 0 Å². The molecule has 0 unspecified atom stereocenters. The fourth-order valence-corrected chi connectivity index (χ4v) is 2.44. The molecule has 2 heteroatoms. The highest BCUT2D eigenvalue weighted by Gasteiger charge is 2.04. The van der Waals surface area contributed by atoms with Gasteiger partial charge >= 0.3 is 0 Å². The van der Waals surface area contributed by atoms with E-state index in [0.29, 0.717) is 5.15 Å². The summed E-state index contributed by atoms with van der Waals surface area (Å²) in [5.74, 6) is 0. The molecule has 0 radical (unpaired) electrons. The van der Waals surface area contributed by atoms with Crippen LogP contribution in [0, 0.1) is 0 Å². The topological polar surface area (TPSA) is 12.9 Å². The number of pyridine rings is 1. The third-order valence-corrected chi connectivity index (χ3v) is 3.49. The van der Waals surface area contributed by atoms with Gasteiger partial charge in [0.2, 0.25) is 0 Å².